The van der Waals surface area contributed by atoms with E-state index >= 15 is 0 Å². The van der Waals surface area contributed by atoms with Crippen LogP contribution in [0.15, 0.2) is 54.6 Å². The van der Waals surface area contributed by atoms with Gasteiger partial charge in [0.05, 0.1) is 0 Å². The molecule has 0 spiro atoms. The zero-order valence-electron chi connectivity index (χ0n) is 15.4. The molecule has 0 fully saturated rings. The molecule has 4 heteroatoms. The summed E-state index contributed by atoms with van der Waals surface area (Å²) in [6.45, 7) is 1.43. The first-order valence-electron chi connectivity index (χ1n) is 9.37. The van der Waals surface area contributed by atoms with E-state index in [1.54, 1.807) is 0 Å². The number of aliphatic hydroxyl groups excluding tert-OH is 1. The number of nitrogens with zero attached hydrogens (tertiary/aromatic N) is 1. The van der Waals surface area contributed by atoms with E-state index in [0.29, 0.717) is 13.0 Å². The van der Waals surface area contributed by atoms with E-state index in [4.69, 9.17) is 5.11 Å². The molecule has 138 valence electrons. The predicted octanol–water partition coefficient (Wildman–Crippen LogP) is 2.20. The molecule has 3 rings (SSSR count). The lowest BCUT2D eigenvalue weighted by molar-refractivity contribution is -0.132. The van der Waals surface area contributed by atoms with Gasteiger partial charge in [0.2, 0.25) is 5.91 Å². The maximum Gasteiger partial charge on any atom is 0.241 e. The summed E-state index contributed by atoms with van der Waals surface area (Å²) >= 11 is 0. The number of benzene rings is 2. The largest absolute Gasteiger partial charge is 0.396 e. The van der Waals surface area contributed by atoms with Crippen LogP contribution in [-0.4, -0.2) is 48.2 Å². The second-order valence-corrected chi connectivity index (χ2v) is 7.14. The smallest absolute Gasteiger partial charge is 0.241 e. The van der Waals surface area contributed by atoms with E-state index in [-0.39, 0.29) is 12.5 Å². The van der Waals surface area contributed by atoms with Crippen molar-refractivity contribution in [1.29, 1.82) is 0 Å². The zero-order valence-corrected chi connectivity index (χ0v) is 15.4. The predicted molar refractivity (Wildman–Crippen MR) is 104 cm³/mol. The highest BCUT2D eigenvalue weighted by molar-refractivity contribution is 5.88. The number of carbonyl (C=O) groups is 1. The number of fused-ring (bicyclic) bond motifs is 1. The van der Waals surface area contributed by atoms with Crippen LogP contribution in [0.3, 0.4) is 0 Å². The van der Waals surface area contributed by atoms with E-state index in [1.165, 1.54) is 16.7 Å². The number of likely N-dealkylation sites (N-methyl/N-ethyl adjacent to an activating group) is 1. The topological polar surface area (TPSA) is 52.6 Å². The van der Waals surface area contributed by atoms with Gasteiger partial charge in [-0.1, -0.05) is 54.6 Å². The van der Waals surface area contributed by atoms with Crippen LogP contribution in [0.5, 0.6) is 0 Å². The first-order valence-corrected chi connectivity index (χ1v) is 9.37. The lowest BCUT2D eigenvalue weighted by atomic mass is 9.91. The van der Waals surface area contributed by atoms with Gasteiger partial charge in [-0.25, -0.2) is 0 Å². The third-order valence-electron chi connectivity index (χ3n) is 5.44. The van der Waals surface area contributed by atoms with E-state index in [9.17, 15) is 4.79 Å². The second-order valence-electron chi connectivity index (χ2n) is 7.14. The molecule has 4 nitrogen and oxygen atoms in total. The number of carbonyl (C=O) groups excluding carboxylic acids is 1. The molecule has 0 unspecified atom stereocenters. The van der Waals surface area contributed by atoms with Gasteiger partial charge in [-0.05, 0) is 36.6 Å². The van der Waals surface area contributed by atoms with Gasteiger partial charge in [-0.2, -0.15) is 0 Å². The molecule has 0 saturated heterocycles. The summed E-state index contributed by atoms with van der Waals surface area (Å²) in [6.07, 6.45) is 2.97. The highest BCUT2D eigenvalue weighted by atomic mass is 16.3. The van der Waals surface area contributed by atoms with Crippen molar-refractivity contribution in [3.05, 3.63) is 71.3 Å². The molecule has 1 amide bonds. The highest BCUT2D eigenvalue weighted by Gasteiger charge is 2.46. The lowest BCUT2D eigenvalue weighted by Gasteiger charge is -2.37. The molecule has 1 aliphatic rings. The summed E-state index contributed by atoms with van der Waals surface area (Å²) in [5.41, 5.74) is 3.26. The summed E-state index contributed by atoms with van der Waals surface area (Å²) in [4.78, 5) is 15.3. The molecule has 2 aromatic rings. The van der Waals surface area contributed by atoms with Gasteiger partial charge < -0.3 is 10.4 Å². The first kappa shape index (κ1) is 18.6. The maximum absolute atomic E-state index is 13.1. The number of aliphatic hydroxyl groups is 1. The molecule has 1 aliphatic carbocycles. The molecule has 2 N–H and O–H groups in total. The van der Waals surface area contributed by atoms with Gasteiger partial charge in [0.1, 0.15) is 5.54 Å². The maximum atomic E-state index is 13.1. The summed E-state index contributed by atoms with van der Waals surface area (Å²) < 4.78 is 0. The molecule has 0 saturated carbocycles. The summed E-state index contributed by atoms with van der Waals surface area (Å²) in [5, 5.41) is 12.0. The van der Waals surface area contributed by atoms with Crippen LogP contribution in [0.2, 0.25) is 0 Å². The molecule has 2 aromatic carbocycles. The van der Waals surface area contributed by atoms with Gasteiger partial charge in [-0.3, -0.25) is 9.69 Å². The van der Waals surface area contributed by atoms with Crippen LogP contribution in [0.25, 0.3) is 0 Å². The molecule has 0 radical (unpaired) electrons. The Morgan fingerprint density at radius 2 is 1.69 bits per heavy atom. The molecule has 0 aliphatic heterocycles. The Bertz CT molecular complexity index is 705. The quantitative estimate of drug-likeness (QED) is 0.716. The first-order chi connectivity index (χ1) is 12.7. The summed E-state index contributed by atoms with van der Waals surface area (Å²) in [7, 11) is 2.06. The Kier molecular flexibility index (Phi) is 6.07. The van der Waals surface area contributed by atoms with Crippen molar-refractivity contribution in [2.75, 3.05) is 26.7 Å². The van der Waals surface area contributed by atoms with E-state index in [0.717, 1.165) is 25.8 Å². The molecule has 0 aromatic heterocycles. The van der Waals surface area contributed by atoms with Crippen molar-refractivity contribution < 1.29 is 9.90 Å². The van der Waals surface area contributed by atoms with Crippen LogP contribution in [0.4, 0.5) is 0 Å². The average Bonchev–Trinajstić information content (AvgIpc) is 3.08. The van der Waals surface area contributed by atoms with Crippen molar-refractivity contribution in [3.8, 4) is 0 Å². The molecule has 0 atom stereocenters. The average molecular weight is 352 g/mol. The van der Waals surface area contributed by atoms with Gasteiger partial charge in [0, 0.05) is 32.5 Å². The van der Waals surface area contributed by atoms with Crippen LogP contribution in [0.1, 0.15) is 23.1 Å². The standard InChI is InChI=1S/C22H28N2O2/c1-24(14-12-18-8-3-2-4-9-18)22(21(26)23-13-7-15-25)16-19-10-5-6-11-20(19)17-22/h2-6,8-11,25H,7,12-17H2,1H3,(H,23,26). The van der Waals surface area contributed by atoms with Crippen LogP contribution in [-0.2, 0) is 24.1 Å². The minimum Gasteiger partial charge on any atom is -0.396 e. The zero-order chi connectivity index (χ0) is 18.4. The molecule has 26 heavy (non-hydrogen) atoms. The van der Waals surface area contributed by atoms with Crippen LogP contribution < -0.4 is 5.32 Å². The van der Waals surface area contributed by atoms with Crippen molar-refractivity contribution in [2.45, 2.75) is 31.2 Å². The van der Waals surface area contributed by atoms with Gasteiger partial charge >= 0.3 is 0 Å². The summed E-state index contributed by atoms with van der Waals surface area (Å²) in [5.74, 6) is 0.0673. The Morgan fingerprint density at radius 1 is 1.08 bits per heavy atom. The Labute approximate surface area is 155 Å². The summed E-state index contributed by atoms with van der Waals surface area (Å²) in [6, 6.07) is 18.7. The normalized spacial score (nSPS) is 15.0. The van der Waals surface area contributed by atoms with Gasteiger partial charge in [0.15, 0.2) is 0 Å². The fourth-order valence-electron chi connectivity index (χ4n) is 3.80. The number of amides is 1. The van der Waals surface area contributed by atoms with Crippen molar-refractivity contribution in [3.63, 3.8) is 0 Å². The van der Waals surface area contributed by atoms with Gasteiger partial charge in [0.25, 0.3) is 0 Å². The SMILES string of the molecule is CN(CCc1ccccc1)C1(C(=O)NCCCO)Cc2ccccc2C1. The molecule has 0 bridgehead atoms. The Balaban J connectivity index is 1.76. The third-order valence-corrected chi connectivity index (χ3v) is 5.44. The van der Waals surface area contributed by atoms with Crippen LogP contribution in [0, 0.1) is 0 Å². The Morgan fingerprint density at radius 3 is 2.31 bits per heavy atom. The van der Waals surface area contributed by atoms with Crippen molar-refractivity contribution >= 4 is 5.91 Å². The van der Waals surface area contributed by atoms with Crippen molar-refractivity contribution in [1.82, 2.24) is 10.2 Å². The number of rotatable bonds is 8. The van der Waals surface area contributed by atoms with E-state index < -0.39 is 5.54 Å². The second kappa shape index (κ2) is 8.47. The monoisotopic (exact) mass is 352 g/mol. The van der Waals surface area contributed by atoms with E-state index in [2.05, 4.69) is 53.7 Å². The number of hydrogen-bond donors (Lipinski definition) is 2. The third kappa shape index (κ3) is 3.97. The lowest BCUT2D eigenvalue weighted by Crippen LogP contribution is -2.59. The fraction of sp³-hybridized carbons (Fsp3) is 0.409. The van der Waals surface area contributed by atoms with E-state index in [1.807, 2.05) is 18.2 Å². The van der Waals surface area contributed by atoms with Gasteiger partial charge in [-0.15, -0.1) is 0 Å². The molecular weight excluding hydrogens is 324 g/mol. The highest BCUT2D eigenvalue weighted by Crippen LogP contribution is 2.34. The minimum absolute atomic E-state index is 0.0673. The fourth-order valence-corrected chi connectivity index (χ4v) is 3.80. The Hall–Kier alpha value is -2.17. The van der Waals surface area contributed by atoms with Crippen LogP contribution >= 0.6 is 0 Å². The minimum atomic E-state index is -0.548. The molecular formula is C22H28N2O2. The number of hydrogen-bond acceptors (Lipinski definition) is 3. The molecule has 0 heterocycles. The number of nitrogens with one attached hydrogen (secondary N) is 1. The van der Waals surface area contributed by atoms with Crippen molar-refractivity contribution in [2.24, 2.45) is 0 Å².